The van der Waals surface area contributed by atoms with Gasteiger partial charge >= 0.3 is 5.97 Å². The Morgan fingerprint density at radius 3 is 2.59 bits per heavy atom. The first-order valence-corrected chi connectivity index (χ1v) is 7.06. The standard InChI is InChI=1S/C14H25NO2/c1-11-6-4-3-5-7-12(10-11)15-9-8-13(15)14(16)17-2/h11-13H,3-10H2,1-2H3. The first-order chi connectivity index (χ1) is 8.22. The van der Waals surface area contributed by atoms with E-state index in [1.165, 1.54) is 45.6 Å². The van der Waals surface area contributed by atoms with Crippen LogP contribution in [0.15, 0.2) is 0 Å². The Morgan fingerprint density at radius 1 is 1.18 bits per heavy atom. The van der Waals surface area contributed by atoms with Gasteiger partial charge in [-0.1, -0.05) is 32.6 Å². The summed E-state index contributed by atoms with van der Waals surface area (Å²) in [7, 11) is 1.50. The molecule has 0 radical (unpaired) electrons. The summed E-state index contributed by atoms with van der Waals surface area (Å²) in [5, 5.41) is 0. The highest BCUT2D eigenvalue weighted by Gasteiger charge is 2.39. The number of likely N-dealkylation sites (tertiary alicyclic amines) is 1. The minimum atomic E-state index is -0.0361. The third-order valence-electron chi connectivity index (χ3n) is 4.41. The molecule has 0 aromatic carbocycles. The van der Waals surface area contributed by atoms with E-state index in [4.69, 9.17) is 4.74 Å². The molecule has 0 aromatic rings. The molecule has 1 heterocycles. The fourth-order valence-corrected chi connectivity index (χ4v) is 3.28. The maximum Gasteiger partial charge on any atom is 0.323 e. The van der Waals surface area contributed by atoms with E-state index in [0.717, 1.165) is 18.9 Å². The molecule has 2 rings (SSSR count). The molecule has 0 bridgehead atoms. The van der Waals surface area contributed by atoms with Crippen LogP contribution in [0.25, 0.3) is 0 Å². The van der Waals surface area contributed by atoms with E-state index >= 15 is 0 Å². The van der Waals surface area contributed by atoms with E-state index in [1.807, 2.05) is 0 Å². The van der Waals surface area contributed by atoms with Gasteiger partial charge in [0, 0.05) is 12.6 Å². The molecule has 2 aliphatic rings. The monoisotopic (exact) mass is 239 g/mol. The van der Waals surface area contributed by atoms with Crippen LogP contribution in [0.1, 0.15) is 51.9 Å². The molecule has 3 unspecified atom stereocenters. The van der Waals surface area contributed by atoms with Crippen molar-refractivity contribution in [3.05, 3.63) is 0 Å². The van der Waals surface area contributed by atoms with Crippen LogP contribution in [0.4, 0.5) is 0 Å². The van der Waals surface area contributed by atoms with Gasteiger partial charge in [0.15, 0.2) is 0 Å². The maximum atomic E-state index is 11.6. The SMILES string of the molecule is COC(=O)C1CCN1C1CCCCCC(C)C1. The van der Waals surface area contributed by atoms with Crippen LogP contribution in [-0.2, 0) is 9.53 Å². The predicted octanol–water partition coefficient (Wildman–Crippen LogP) is 2.59. The molecule has 1 aliphatic heterocycles. The molecule has 3 nitrogen and oxygen atoms in total. The van der Waals surface area contributed by atoms with Gasteiger partial charge in [0.2, 0.25) is 0 Å². The number of rotatable bonds is 2. The molecule has 98 valence electrons. The fourth-order valence-electron chi connectivity index (χ4n) is 3.28. The lowest BCUT2D eigenvalue weighted by Gasteiger charge is -2.45. The third kappa shape index (κ3) is 3.01. The van der Waals surface area contributed by atoms with Crippen molar-refractivity contribution in [2.45, 2.75) is 64.0 Å². The molecule has 3 heteroatoms. The normalized spacial score (nSPS) is 35.5. The van der Waals surface area contributed by atoms with Gasteiger partial charge in [0.05, 0.1) is 7.11 Å². The van der Waals surface area contributed by atoms with Gasteiger partial charge in [0.25, 0.3) is 0 Å². The predicted molar refractivity (Wildman–Crippen MR) is 67.8 cm³/mol. The number of carbonyl (C=O) groups is 1. The minimum Gasteiger partial charge on any atom is -0.468 e. The molecule has 17 heavy (non-hydrogen) atoms. The number of hydrogen-bond acceptors (Lipinski definition) is 3. The van der Waals surface area contributed by atoms with Crippen molar-refractivity contribution in [3.63, 3.8) is 0 Å². The highest BCUT2D eigenvalue weighted by atomic mass is 16.5. The second kappa shape index (κ2) is 5.85. The van der Waals surface area contributed by atoms with Crippen LogP contribution in [0.3, 0.4) is 0 Å². The van der Waals surface area contributed by atoms with Gasteiger partial charge in [-0.2, -0.15) is 0 Å². The van der Waals surface area contributed by atoms with E-state index in [9.17, 15) is 4.79 Å². The maximum absolute atomic E-state index is 11.6. The second-order valence-electron chi connectivity index (χ2n) is 5.70. The quantitative estimate of drug-likeness (QED) is 0.694. The van der Waals surface area contributed by atoms with Crippen molar-refractivity contribution in [2.75, 3.05) is 13.7 Å². The van der Waals surface area contributed by atoms with Gasteiger partial charge in [-0.25, -0.2) is 0 Å². The zero-order valence-electron chi connectivity index (χ0n) is 11.2. The Morgan fingerprint density at radius 2 is 1.94 bits per heavy atom. The lowest BCUT2D eigenvalue weighted by molar-refractivity contribution is -0.154. The van der Waals surface area contributed by atoms with E-state index in [0.29, 0.717) is 6.04 Å². The Hall–Kier alpha value is -0.570. The minimum absolute atomic E-state index is 0.0361. The summed E-state index contributed by atoms with van der Waals surface area (Å²) in [6.45, 7) is 3.43. The molecule has 1 saturated carbocycles. The summed E-state index contributed by atoms with van der Waals surface area (Å²) in [6, 6.07) is 0.666. The van der Waals surface area contributed by atoms with Gasteiger partial charge in [-0.3, -0.25) is 9.69 Å². The molecular formula is C14H25NO2. The van der Waals surface area contributed by atoms with Gasteiger partial charge < -0.3 is 4.74 Å². The third-order valence-corrected chi connectivity index (χ3v) is 4.41. The second-order valence-corrected chi connectivity index (χ2v) is 5.70. The van der Waals surface area contributed by atoms with E-state index in [2.05, 4.69) is 11.8 Å². The summed E-state index contributed by atoms with van der Waals surface area (Å²) in [5.74, 6) is 0.769. The van der Waals surface area contributed by atoms with Gasteiger partial charge in [-0.05, 0) is 25.2 Å². The van der Waals surface area contributed by atoms with Crippen LogP contribution in [0.2, 0.25) is 0 Å². The van der Waals surface area contributed by atoms with Crippen molar-refractivity contribution in [3.8, 4) is 0 Å². The fraction of sp³-hybridized carbons (Fsp3) is 0.929. The largest absolute Gasteiger partial charge is 0.468 e. The average molecular weight is 239 g/mol. The average Bonchev–Trinajstić information content (AvgIpc) is 2.23. The van der Waals surface area contributed by atoms with Crippen molar-refractivity contribution in [2.24, 2.45) is 5.92 Å². The van der Waals surface area contributed by atoms with E-state index in [1.54, 1.807) is 0 Å². The van der Waals surface area contributed by atoms with E-state index < -0.39 is 0 Å². The van der Waals surface area contributed by atoms with Crippen molar-refractivity contribution in [1.82, 2.24) is 4.90 Å². The molecule has 1 saturated heterocycles. The lowest BCUT2D eigenvalue weighted by Crippen LogP contribution is -2.57. The zero-order valence-corrected chi connectivity index (χ0v) is 11.2. The number of ether oxygens (including phenoxy) is 1. The van der Waals surface area contributed by atoms with Crippen LogP contribution < -0.4 is 0 Å². The molecule has 0 amide bonds. The first-order valence-electron chi connectivity index (χ1n) is 7.06. The Kier molecular flexibility index (Phi) is 4.43. The summed E-state index contributed by atoms with van der Waals surface area (Å²) >= 11 is 0. The molecule has 2 fully saturated rings. The van der Waals surface area contributed by atoms with Crippen LogP contribution in [0.5, 0.6) is 0 Å². The molecule has 1 aliphatic carbocycles. The van der Waals surface area contributed by atoms with Gasteiger partial charge in [0.1, 0.15) is 6.04 Å². The summed E-state index contributed by atoms with van der Waals surface area (Å²) in [5.41, 5.74) is 0. The summed E-state index contributed by atoms with van der Waals surface area (Å²) in [4.78, 5) is 14.0. The molecule has 0 aromatic heterocycles. The van der Waals surface area contributed by atoms with Gasteiger partial charge in [-0.15, -0.1) is 0 Å². The summed E-state index contributed by atoms with van der Waals surface area (Å²) in [6.07, 6.45) is 8.92. The molecular weight excluding hydrogens is 214 g/mol. The molecule has 0 N–H and O–H groups in total. The molecule has 3 atom stereocenters. The number of hydrogen-bond donors (Lipinski definition) is 0. The number of methoxy groups -OCH3 is 1. The number of carbonyl (C=O) groups excluding carboxylic acids is 1. The topological polar surface area (TPSA) is 29.5 Å². The summed E-state index contributed by atoms with van der Waals surface area (Å²) < 4.78 is 4.88. The number of nitrogens with zero attached hydrogens (tertiary/aromatic N) is 1. The van der Waals surface area contributed by atoms with Crippen LogP contribution in [-0.4, -0.2) is 36.6 Å². The highest BCUT2D eigenvalue weighted by molar-refractivity contribution is 5.76. The van der Waals surface area contributed by atoms with Crippen molar-refractivity contribution >= 4 is 5.97 Å². The first kappa shape index (κ1) is 12.9. The van der Waals surface area contributed by atoms with Crippen molar-refractivity contribution in [1.29, 1.82) is 0 Å². The highest BCUT2D eigenvalue weighted by Crippen LogP contribution is 2.31. The lowest BCUT2D eigenvalue weighted by atomic mass is 9.86. The zero-order chi connectivity index (χ0) is 12.3. The van der Waals surface area contributed by atoms with Crippen molar-refractivity contribution < 1.29 is 9.53 Å². The Bertz CT molecular complexity index is 267. The van der Waals surface area contributed by atoms with Crippen LogP contribution in [0, 0.1) is 5.92 Å². The Labute approximate surface area is 105 Å². The molecule has 0 spiro atoms. The van der Waals surface area contributed by atoms with Crippen LogP contribution >= 0.6 is 0 Å². The smallest absolute Gasteiger partial charge is 0.323 e. The Balaban J connectivity index is 1.92. The van der Waals surface area contributed by atoms with E-state index in [-0.39, 0.29) is 12.0 Å². The number of esters is 1.